The number of hydrogen-bond acceptors (Lipinski definition) is 0. The fourth-order valence-corrected chi connectivity index (χ4v) is 0. The molecule has 0 atom stereocenters. The molecule has 0 aromatic heterocycles. The van der Waals surface area contributed by atoms with E-state index in [1.54, 1.807) is 0 Å². The van der Waals surface area contributed by atoms with Crippen molar-refractivity contribution >= 4 is 0 Å². The van der Waals surface area contributed by atoms with Crippen LogP contribution in [-0.2, 0) is 128 Å². The molecule has 0 aromatic rings. The Bertz CT molecular complexity index is 28.5. The summed E-state index contributed by atoms with van der Waals surface area (Å²) in [5, 5.41) is 0. The molecule has 5 nitrogen and oxygen atoms in total. The van der Waals surface area contributed by atoms with Crippen molar-refractivity contribution in [2.24, 2.45) is 0 Å². The molecule has 0 spiro atoms. The molecule has 0 bridgehead atoms. The van der Waals surface area contributed by atoms with Gasteiger partial charge in [-0.05, 0) is 0 Å². The van der Waals surface area contributed by atoms with Gasteiger partial charge in [0, 0.05) is 33.0 Å². The monoisotopic (exact) mass is 438 g/mol. The molecule has 0 aromatic carbocycles. The largest absolute Gasteiger partial charge is 2.00 e. The summed E-state index contributed by atoms with van der Waals surface area (Å²) in [6.45, 7) is 0. The van der Waals surface area contributed by atoms with Crippen molar-refractivity contribution in [2.75, 3.05) is 0 Å². The van der Waals surface area contributed by atoms with Crippen LogP contribution >= 0.6 is 0 Å². The summed E-state index contributed by atoms with van der Waals surface area (Å²) in [6.07, 6.45) is 0. The second kappa shape index (κ2) is 223. The second-order valence-corrected chi connectivity index (χ2v) is 0. The topological polar surface area (TPSA) is 142 Å². The Hall–Kier alpha value is 4.03. The molecule has 0 saturated carbocycles. The summed E-state index contributed by atoms with van der Waals surface area (Å²) in [5.41, 5.74) is 0. The first kappa shape index (κ1) is 269. The average Bonchev–Trinajstić information content (AvgIpc) is 0. The number of rotatable bonds is 0. The van der Waals surface area contributed by atoms with Crippen molar-refractivity contribution in [3.8, 4) is 0 Å². The Labute approximate surface area is 163 Å². The van der Waals surface area contributed by atoms with E-state index in [-0.39, 0.29) is 166 Å². The first-order chi connectivity index (χ1) is 0. The van der Waals surface area contributed by atoms with E-state index in [1.807, 2.05) is 0 Å². The van der Waals surface area contributed by atoms with Crippen LogP contribution in [0.4, 0.5) is 0 Å². The Morgan fingerprint density at radius 1 is 0.385 bits per heavy atom. The van der Waals surface area contributed by atoms with E-state index in [1.165, 1.54) is 0 Å². The molecule has 0 rings (SSSR count). The summed E-state index contributed by atoms with van der Waals surface area (Å²) in [5.74, 6) is 0. The van der Waals surface area contributed by atoms with E-state index in [4.69, 9.17) is 0 Å². The van der Waals surface area contributed by atoms with Gasteiger partial charge in [0.05, 0.1) is 0 Å². The van der Waals surface area contributed by atoms with Crippen LogP contribution in [0.25, 0.3) is 0 Å². The van der Waals surface area contributed by atoms with Gasteiger partial charge in [0.1, 0.15) is 0 Å². The molecule has 0 aliphatic heterocycles. The van der Waals surface area contributed by atoms with E-state index in [0.717, 1.165) is 0 Å². The first-order valence-corrected chi connectivity index (χ1v) is 0. The maximum atomic E-state index is 0. The van der Waals surface area contributed by atoms with E-state index in [9.17, 15) is 0 Å². The molecule has 0 saturated heterocycles. The normalized spacial score (nSPS) is 0. The molecule has 13 heteroatoms. The van der Waals surface area contributed by atoms with Crippen molar-refractivity contribution in [1.82, 2.24) is 0 Å². The van der Waals surface area contributed by atoms with Crippen LogP contribution in [0.1, 0.15) is 0 Å². The van der Waals surface area contributed by atoms with E-state index in [0.29, 0.717) is 0 Å². The van der Waals surface area contributed by atoms with Crippen molar-refractivity contribution in [1.29, 1.82) is 0 Å². The van der Waals surface area contributed by atoms with Crippen LogP contribution < -0.4 is 37.7 Å². The minimum Gasteiger partial charge on any atom is -2.00 e. The molecule has 0 aliphatic carbocycles. The minimum atomic E-state index is 0. The molecule has 0 heterocycles. The van der Waals surface area contributed by atoms with Gasteiger partial charge >= 0.3 is 105 Å². The van der Waals surface area contributed by atoms with Crippen molar-refractivity contribution in [2.45, 2.75) is 0 Å². The molecule has 13 heavy (non-hydrogen) atoms. The maximum Gasteiger partial charge on any atom is 2.00 e. The molecule has 0 N–H and O–H groups in total. The summed E-state index contributed by atoms with van der Waals surface area (Å²) in [6, 6.07) is 0. The van der Waals surface area contributed by atoms with Gasteiger partial charge in [0.25, 0.3) is 0 Å². The first-order valence-electron chi connectivity index (χ1n) is 0. The fourth-order valence-electron chi connectivity index (χ4n) is 0. The van der Waals surface area contributed by atoms with Gasteiger partial charge in [-0.15, -0.1) is 0 Å². The summed E-state index contributed by atoms with van der Waals surface area (Å²) in [4.78, 5) is 0. The summed E-state index contributed by atoms with van der Waals surface area (Å²) in [7, 11) is 0. The Balaban J connectivity index is 0. The third-order valence-electron chi connectivity index (χ3n) is 0. The van der Waals surface area contributed by atoms with Crippen LogP contribution in [0.15, 0.2) is 0 Å². The van der Waals surface area contributed by atoms with Crippen LogP contribution in [0.5, 0.6) is 0 Å². The maximum absolute atomic E-state index is 0. The van der Waals surface area contributed by atoms with Crippen molar-refractivity contribution < 1.29 is 166 Å². The average molecular weight is 439 g/mol. The molecule has 0 amide bonds. The van der Waals surface area contributed by atoms with Gasteiger partial charge in [-0.3, -0.25) is 0 Å². The van der Waals surface area contributed by atoms with Gasteiger partial charge in [0.15, 0.2) is 0 Å². The zero-order valence-electron chi connectivity index (χ0n) is 6.10. The van der Waals surface area contributed by atoms with Crippen molar-refractivity contribution in [3.63, 3.8) is 0 Å². The van der Waals surface area contributed by atoms with Gasteiger partial charge in [0.2, 0.25) is 0 Å². The smallest absolute Gasteiger partial charge is 2.00 e. The zero-order valence-corrected chi connectivity index (χ0v) is 12.5. The molecule has 0 aliphatic rings. The Morgan fingerprint density at radius 3 is 0.385 bits per heavy atom. The third kappa shape index (κ3) is 194. The molecule has 84 valence electrons. The van der Waals surface area contributed by atoms with Crippen LogP contribution in [0.3, 0.4) is 0 Å². The molecule has 4 radical (unpaired) electrons. The van der Waals surface area contributed by atoms with Crippen LogP contribution in [0, 0.1) is 0 Å². The zero-order chi connectivity index (χ0) is 0. The van der Waals surface area contributed by atoms with E-state index < -0.39 is 0 Å². The van der Waals surface area contributed by atoms with E-state index in [2.05, 4.69) is 0 Å². The van der Waals surface area contributed by atoms with Gasteiger partial charge in [-0.25, -0.2) is 0 Å². The van der Waals surface area contributed by atoms with Gasteiger partial charge < -0.3 is 27.4 Å². The summed E-state index contributed by atoms with van der Waals surface area (Å²) >= 11 is 0. The predicted molar refractivity (Wildman–Crippen MR) is 3.43 cm³/mol. The van der Waals surface area contributed by atoms with Crippen LogP contribution in [-0.4, -0.2) is 0 Å². The predicted octanol–water partition coefficient (Wildman–Crippen LogP) is -6.60. The molecule has 0 unspecified atom stereocenters. The van der Waals surface area contributed by atoms with E-state index >= 15 is 0 Å². The molecular weight excluding hydrogens is 439 g/mol. The van der Waals surface area contributed by atoms with Crippen LogP contribution in [0.2, 0.25) is 0 Å². The van der Waals surface area contributed by atoms with Gasteiger partial charge in [-0.2, -0.15) is 0 Å². The van der Waals surface area contributed by atoms with Gasteiger partial charge in [-0.1, -0.05) is 0 Å². The minimum absolute atomic E-state index is 0. The molecule has 0 fully saturated rings. The fraction of sp³-hybridized carbons (Fsp3) is 0. The number of hydrogen-bond donors (Lipinski definition) is 0. The quantitative estimate of drug-likeness (QED) is 0.331. The second-order valence-electron chi connectivity index (χ2n) is 0. The molecular formula is Co2Li2Mn2Ni2O5. The van der Waals surface area contributed by atoms with Crippen molar-refractivity contribution in [3.05, 3.63) is 0 Å². The Morgan fingerprint density at radius 2 is 0.385 bits per heavy atom. The standard InChI is InChI=1S/2Co.2Li.2Mn.2Ni.5O/q2*+2;2*+1;2*+2;;;5*-2. The third-order valence-corrected chi connectivity index (χ3v) is 0. The SMILES string of the molecule is [Co+2].[Co+2].[Li+].[Li+].[Mn+2].[Mn+2].[Ni].[Ni].[O-2].[O-2].[O-2].[O-2].[O-2]. The Kier molecular flexibility index (Phi) is 4610. The summed E-state index contributed by atoms with van der Waals surface area (Å²) < 4.78 is 0.